The van der Waals surface area contributed by atoms with Crippen LogP contribution in [0.15, 0.2) is 91.0 Å². The molecule has 0 amide bonds. The average molecular weight is 653 g/mol. The number of anilines is 4. The van der Waals surface area contributed by atoms with Crippen LogP contribution in [0, 0.1) is 28.9 Å². The number of aromatic nitrogens is 2. The van der Waals surface area contributed by atoms with E-state index < -0.39 is 35.4 Å². The van der Waals surface area contributed by atoms with E-state index in [0.717, 1.165) is 18.3 Å². The van der Waals surface area contributed by atoms with E-state index in [0.29, 0.717) is 22.3 Å². The Labute approximate surface area is 261 Å². The molecule has 5 aromatic rings. The quantitative estimate of drug-likeness (QED) is 0.104. The zero-order chi connectivity index (χ0) is 32.6. The number of alkyl halides is 3. The largest absolute Gasteiger partial charge is 0.418 e. The number of hydrazine groups is 2. The number of nitrogens with zero attached hydrogens (tertiary/aromatic N) is 4. The van der Waals surface area contributed by atoms with Crippen molar-refractivity contribution in [1.82, 2.24) is 20.9 Å². The molecule has 0 unspecified atom stereocenters. The normalized spacial score (nSPS) is 13.6. The predicted molar refractivity (Wildman–Crippen MR) is 160 cm³/mol. The number of halogens is 7. The Morgan fingerprint density at radius 2 is 1.70 bits per heavy atom. The third-order valence-corrected chi connectivity index (χ3v) is 7.28. The summed E-state index contributed by atoms with van der Waals surface area (Å²) in [5, 5.41) is 17.6. The maximum absolute atomic E-state index is 13.9. The van der Waals surface area contributed by atoms with E-state index in [9.17, 15) is 31.6 Å². The van der Waals surface area contributed by atoms with Gasteiger partial charge >= 0.3 is 6.18 Å². The number of nitriles is 1. The summed E-state index contributed by atoms with van der Waals surface area (Å²) >= 11 is 6.61. The first-order valence-corrected chi connectivity index (χ1v) is 13.7. The number of para-hydroxylation sites is 1. The molecule has 3 heterocycles. The van der Waals surface area contributed by atoms with Gasteiger partial charge in [-0.15, -0.1) is 5.53 Å². The van der Waals surface area contributed by atoms with E-state index in [1.54, 1.807) is 12.1 Å². The number of hydrogen-bond donors (Lipinski definition) is 4. The van der Waals surface area contributed by atoms with Gasteiger partial charge < -0.3 is 16.1 Å². The first kappa shape index (κ1) is 30.5. The molecular formula is C31H19ClF6N8. The summed E-state index contributed by atoms with van der Waals surface area (Å²) in [7, 11) is 0. The number of rotatable bonds is 7. The molecule has 0 fully saturated rings. The van der Waals surface area contributed by atoms with Crippen molar-refractivity contribution in [2.24, 2.45) is 0 Å². The summed E-state index contributed by atoms with van der Waals surface area (Å²) < 4.78 is 82.5. The third-order valence-electron chi connectivity index (χ3n) is 6.99. The minimum absolute atomic E-state index is 0.0483. The van der Waals surface area contributed by atoms with Crippen LogP contribution in [-0.4, -0.2) is 9.97 Å². The average Bonchev–Trinajstić information content (AvgIpc) is 3.52. The molecule has 0 saturated carbocycles. The smallest absolute Gasteiger partial charge is 0.373 e. The van der Waals surface area contributed by atoms with Crippen molar-refractivity contribution in [1.29, 1.82) is 5.26 Å². The second-order valence-corrected chi connectivity index (χ2v) is 10.4. The van der Waals surface area contributed by atoms with Crippen LogP contribution in [0.5, 0.6) is 0 Å². The van der Waals surface area contributed by atoms with Crippen molar-refractivity contribution in [3.05, 3.63) is 130 Å². The SMILES string of the molecule is N#Cc1cnc2c(Cl)cc(N[C@H](C3=CN(c4ccccc4C(F)(F)F)NN3)c3ccc(F)cc3)cc2c1Nc1cnc(F)c(F)c1. The molecule has 4 N–H and O–H groups in total. The van der Waals surface area contributed by atoms with Gasteiger partial charge in [-0.1, -0.05) is 35.9 Å². The summed E-state index contributed by atoms with van der Waals surface area (Å²) in [6, 6.07) is 15.7. The summed E-state index contributed by atoms with van der Waals surface area (Å²) in [5.74, 6) is -3.00. The molecule has 232 valence electrons. The molecular weight excluding hydrogens is 634 g/mol. The van der Waals surface area contributed by atoms with Gasteiger partial charge in [0.2, 0.25) is 5.95 Å². The van der Waals surface area contributed by atoms with Gasteiger partial charge in [0.25, 0.3) is 0 Å². The van der Waals surface area contributed by atoms with Gasteiger partial charge in [0.1, 0.15) is 11.9 Å². The molecule has 0 radical (unpaired) electrons. The zero-order valence-electron chi connectivity index (χ0n) is 23.1. The fourth-order valence-electron chi connectivity index (χ4n) is 4.89. The van der Waals surface area contributed by atoms with Crippen LogP contribution < -0.4 is 26.6 Å². The van der Waals surface area contributed by atoms with Gasteiger partial charge in [-0.25, -0.2) is 13.8 Å². The molecule has 46 heavy (non-hydrogen) atoms. The highest BCUT2D eigenvalue weighted by Crippen LogP contribution is 2.39. The Kier molecular flexibility index (Phi) is 8.03. The molecule has 3 aromatic carbocycles. The molecule has 15 heteroatoms. The molecule has 8 nitrogen and oxygen atoms in total. The molecule has 0 saturated heterocycles. The maximum Gasteiger partial charge on any atom is 0.418 e. The zero-order valence-corrected chi connectivity index (χ0v) is 23.9. The van der Waals surface area contributed by atoms with Crippen LogP contribution >= 0.6 is 11.6 Å². The van der Waals surface area contributed by atoms with E-state index in [1.807, 2.05) is 6.07 Å². The maximum atomic E-state index is 13.9. The Hall–Kier alpha value is -5.52. The van der Waals surface area contributed by atoms with Crippen LogP contribution in [-0.2, 0) is 6.18 Å². The molecule has 1 atom stereocenters. The van der Waals surface area contributed by atoms with Crippen LogP contribution in [0.2, 0.25) is 5.02 Å². The highest BCUT2D eigenvalue weighted by molar-refractivity contribution is 6.36. The number of fused-ring (bicyclic) bond motifs is 1. The summed E-state index contributed by atoms with van der Waals surface area (Å²) in [4.78, 5) is 7.64. The summed E-state index contributed by atoms with van der Waals surface area (Å²) in [6.07, 6.45) is -0.881. The third kappa shape index (κ3) is 6.06. The Balaban J connectivity index is 1.42. The molecule has 0 spiro atoms. The van der Waals surface area contributed by atoms with E-state index in [1.165, 1.54) is 59.9 Å². The number of hydrogen-bond acceptors (Lipinski definition) is 8. The lowest BCUT2D eigenvalue weighted by Crippen LogP contribution is -2.38. The molecule has 6 rings (SSSR count). The van der Waals surface area contributed by atoms with E-state index in [4.69, 9.17) is 11.6 Å². The summed E-state index contributed by atoms with van der Waals surface area (Å²) in [5.41, 5.74) is 6.38. The van der Waals surface area contributed by atoms with Crippen LogP contribution in [0.3, 0.4) is 0 Å². The van der Waals surface area contributed by atoms with E-state index in [-0.39, 0.29) is 33.2 Å². The standard InChI is InChI=1S/C31H19ClF6N8/c32-23-10-19(9-21-27(17(12-39)13-40-29(21)23)43-20-11-24(34)30(35)41-14-20)42-28(16-5-7-18(33)8-6-16)25-15-46(45-44-25)26-4-2-1-3-22(26)31(36,37)38/h1-11,13-15,28,42,44-45H,(H,40,43)/t28-/m0/s1. The van der Waals surface area contributed by atoms with Crippen molar-refractivity contribution in [2.75, 3.05) is 15.6 Å². The number of pyridine rings is 2. The molecule has 0 aliphatic carbocycles. The van der Waals surface area contributed by atoms with Crippen molar-refractivity contribution in [3.8, 4) is 6.07 Å². The number of benzene rings is 3. The van der Waals surface area contributed by atoms with Crippen molar-refractivity contribution in [3.63, 3.8) is 0 Å². The lowest BCUT2D eigenvalue weighted by molar-refractivity contribution is -0.137. The second kappa shape index (κ2) is 12.1. The highest BCUT2D eigenvalue weighted by atomic mass is 35.5. The van der Waals surface area contributed by atoms with Gasteiger partial charge in [-0.05, 0) is 42.0 Å². The minimum Gasteiger partial charge on any atom is -0.373 e. The van der Waals surface area contributed by atoms with Crippen molar-refractivity contribution in [2.45, 2.75) is 12.2 Å². The van der Waals surface area contributed by atoms with Crippen LogP contribution in [0.25, 0.3) is 10.9 Å². The first-order valence-electron chi connectivity index (χ1n) is 13.3. The van der Waals surface area contributed by atoms with Crippen LogP contribution in [0.1, 0.15) is 22.7 Å². The Morgan fingerprint density at radius 1 is 0.935 bits per heavy atom. The number of nitrogens with one attached hydrogen (secondary N) is 4. The Bertz CT molecular complexity index is 2030. The van der Waals surface area contributed by atoms with Crippen LogP contribution in [0.4, 0.5) is 49.1 Å². The first-order chi connectivity index (χ1) is 22.0. The predicted octanol–water partition coefficient (Wildman–Crippen LogP) is 7.86. The minimum atomic E-state index is -4.62. The second-order valence-electron chi connectivity index (χ2n) is 9.97. The topological polar surface area (TPSA) is 101 Å². The van der Waals surface area contributed by atoms with Gasteiger partial charge in [0.05, 0.1) is 56.7 Å². The highest BCUT2D eigenvalue weighted by Gasteiger charge is 2.35. The molecule has 1 aliphatic rings. The van der Waals surface area contributed by atoms with Gasteiger partial charge in [-0.3, -0.25) is 9.99 Å². The monoisotopic (exact) mass is 652 g/mol. The van der Waals surface area contributed by atoms with Crippen molar-refractivity contribution >= 4 is 45.3 Å². The van der Waals surface area contributed by atoms with E-state index >= 15 is 0 Å². The fourth-order valence-corrected chi connectivity index (χ4v) is 5.16. The van der Waals surface area contributed by atoms with Gasteiger partial charge in [-0.2, -0.15) is 22.8 Å². The Morgan fingerprint density at radius 3 is 2.41 bits per heavy atom. The lowest BCUT2D eigenvalue weighted by atomic mass is 10.0. The van der Waals surface area contributed by atoms with Gasteiger partial charge in [0, 0.05) is 29.5 Å². The van der Waals surface area contributed by atoms with E-state index in [2.05, 4.69) is 31.6 Å². The lowest BCUT2D eigenvalue weighted by Gasteiger charge is -2.22. The fraction of sp³-hybridized carbons (Fsp3) is 0.0645. The molecule has 2 aromatic heterocycles. The summed E-state index contributed by atoms with van der Waals surface area (Å²) in [6.45, 7) is 0. The van der Waals surface area contributed by atoms with Crippen molar-refractivity contribution < 1.29 is 26.3 Å². The molecule has 0 bridgehead atoms. The molecule has 1 aliphatic heterocycles. The van der Waals surface area contributed by atoms with Gasteiger partial charge in [0.15, 0.2) is 5.82 Å².